The monoisotopic (exact) mass is 285 g/mol. The van der Waals surface area contributed by atoms with Crippen LogP contribution in [-0.4, -0.2) is 28.8 Å². The van der Waals surface area contributed by atoms with Crippen LogP contribution in [0.15, 0.2) is 47.8 Å². The number of carbonyl (C=O) groups is 1. The number of aromatic hydroxyl groups is 1. The van der Waals surface area contributed by atoms with Crippen LogP contribution < -0.4 is 10.2 Å². The number of hydrogen-bond donors (Lipinski definition) is 2. The van der Waals surface area contributed by atoms with E-state index in [2.05, 4.69) is 15.5 Å². The summed E-state index contributed by atoms with van der Waals surface area (Å²) in [6, 6.07) is 8.03. The standard InChI is InChI=1S/C15H15N3O3/c1-2-21-13-4-3-12(14(19)9-13)10-17-18-15(20)11-5-7-16-8-6-11/h3-10,19H,2H2,1H3,(H,18,20)/b17-10+. The zero-order valence-corrected chi connectivity index (χ0v) is 11.5. The van der Waals surface area contributed by atoms with Gasteiger partial charge in [0.15, 0.2) is 0 Å². The van der Waals surface area contributed by atoms with Gasteiger partial charge in [0.1, 0.15) is 11.5 Å². The van der Waals surface area contributed by atoms with Crippen LogP contribution in [0.5, 0.6) is 11.5 Å². The van der Waals surface area contributed by atoms with Gasteiger partial charge in [0.25, 0.3) is 5.91 Å². The van der Waals surface area contributed by atoms with Crippen LogP contribution in [0.25, 0.3) is 0 Å². The minimum atomic E-state index is -0.348. The molecule has 1 heterocycles. The second-order valence-corrected chi connectivity index (χ2v) is 4.09. The predicted octanol–water partition coefficient (Wildman–Crippen LogP) is 1.95. The number of nitrogens with zero attached hydrogens (tertiary/aromatic N) is 2. The van der Waals surface area contributed by atoms with E-state index in [1.807, 2.05) is 6.92 Å². The molecule has 2 N–H and O–H groups in total. The molecule has 0 saturated carbocycles. The topological polar surface area (TPSA) is 83.8 Å². The Hall–Kier alpha value is -2.89. The smallest absolute Gasteiger partial charge is 0.271 e. The number of phenols is 1. The Bertz CT molecular complexity index is 642. The van der Waals surface area contributed by atoms with Crippen molar-refractivity contribution in [3.8, 4) is 11.5 Å². The van der Waals surface area contributed by atoms with Crippen LogP contribution in [0.4, 0.5) is 0 Å². The number of carbonyl (C=O) groups excluding carboxylic acids is 1. The molecule has 108 valence electrons. The molecule has 21 heavy (non-hydrogen) atoms. The van der Waals surface area contributed by atoms with Crippen LogP contribution in [0.3, 0.4) is 0 Å². The van der Waals surface area contributed by atoms with Crippen molar-refractivity contribution < 1.29 is 14.6 Å². The molecule has 0 bridgehead atoms. The molecule has 6 nitrogen and oxygen atoms in total. The third kappa shape index (κ3) is 4.04. The zero-order chi connectivity index (χ0) is 15.1. The zero-order valence-electron chi connectivity index (χ0n) is 11.5. The van der Waals surface area contributed by atoms with E-state index in [1.165, 1.54) is 24.7 Å². The highest BCUT2D eigenvalue weighted by molar-refractivity contribution is 5.94. The first-order valence-corrected chi connectivity index (χ1v) is 6.40. The van der Waals surface area contributed by atoms with Crippen molar-refractivity contribution >= 4 is 12.1 Å². The molecular formula is C15H15N3O3. The molecule has 0 aliphatic heterocycles. The van der Waals surface area contributed by atoms with E-state index in [1.54, 1.807) is 24.3 Å². The summed E-state index contributed by atoms with van der Waals surface area (Å²) in [5.41, 5.74) is 3.31. The van der Waals surface area contributed by atoms with Gasteiger partial charge < -0.3 is 9.84 Å². The van der Waals surface area contributed by atoms with Gasteiger partial charge in [-0.1, -0.05) is 0 Å². The molecule has 0 atom stereocenters. The number of pyridine rings is 1. The van der Waals surface area contributed by atoms with E-state index >= 15 is 0 Å². The SMILES string of the molecule is CCOc1ccc(/C=N/NC(=O)c2ccncc2)c(O)c1. The quantitative estimate of drug-likeness (QED) is 0.649. The number of amides is 1. The van der Waals surface area contributed by atoms with Crippen LogP contribution in [0, 0.1) is 0 Å². The maximum Gasteiger partial charge on any atom is 0.271 e. The first-order valence-electron chi connectivity index (χ1n) is 6.40. The second-order valence-electron chi connectivity index (χ2n) is 4.09. The fourth-order valence-electron chi connectivity index (χ4n) is 1.62. The lowest BCUT2D eigenvalue weighted by Crippen LogP contribution is -2.17. The number of ether oxygens (including phenoxy) is 1. The van der Waals surface area contributed by atoms with Crippen molar-refractivity contribution in [1.29, 1.82) is 0 Å². The molecule has 0 unspecified atom stereocenters. The molecule has 1 aromatic heterocycles. The van der Waals surface area contributed by atoms with Crippen molar-refractivity contribution in [1.82, 2.24) is 10.4 Å². The van der Waals surface area contributed by atoms with Gasteiger partial charge in [0.05, 0.1) is 12.8 Å². The normalized spacial score (nSPS) is 10.5. The highest BCUT2D eigenvalue weighted by atomic mass is 16.5. The van der Waals surface area contributed by atoms with Gasteiger partial charge in [0, 0.05) is 29.6 Å². The summed E-state index contributed by atoms with van der Waals surface area (Å²) in [4.78, 5) is 15.6. The highest BCUT2D eigenvalue weighted by Gasteiger charge is 2.03. The van der Waals surface area contributed by atoms with Gasteiger partial charge in [-0.3, -0.25) is 9.78 Å². The molecule has 6 heteroatoms. The molecule has 0 fully saturated rings. The van der Waals surface area contributed by atoms with Crippen molar-refractivity contribution in [2.75, 3.05) is 6.61 Å². The van der Waals surface area contributed by atoms with Gasteiger partial charge >= 0.3 is 0 Å². The number of benzene rings is 1. The lowest BCUT2D eigenvalue weighted by Gasteiger charge is -2.05. The summed E-state index contributed by atoms with van der Waals surface area (Å²) in [5.74, 6) is 0.259. The average Bonchev–Trinajstić information content (AvgIpc) is 2.50. The maximum absolute atomic E-state index is 11.7. The van der Waals surface area contributed by atoms with Crippen molar-refractivity contribution in [2.45, 2.75) is 6.92 Å². The molecule has 1 amide bonds. The van der Waals surface area contributed by atoms with E-state index < -0.39 is 0 Å². The first kappa shape index (κ1) is 14.5. The Kier molecular flexibility index (Phi) is 4.87. The number of hydrazone groups is 1. The summed E-state index contributed by atoms with van der Waals surface area (Å²) in [7, 11) is 0. The Morgan fingerprint density at radius 3 is 2.81 bits per heavy atom. The molecule has 2 aromatic rings. The Balaban J connectivity index is 2.00. The largest absolute Gasteiger partial charge is 0.507 e. The number of hydrogen-bond acceptors (Lipinski definition) is 5. The van der Waals surface area contributed by atoms with Crippen molar-refractivity contribution in [2.24, 2.45) is 5.10 Å². The number of phenolic OH excluding ortho intramolecular Hbond substituents is 1. The van der Waals surface area contributed by atoms with Gasteiger partial charge in [0.2, 0.25) is 0 Å². The molecule has 0 spiro atoms. The van der Waals surface area contributed by atoms with Crippen LogP contribution in [0.2, 0.25) is 0 Å². The van der Waals surface area contributed by atoms with Gasteiger partial charge in [-0.2, -0.15) is 5.10 Å². The van der Waals surface area contributed by atoms with Crippen LogP contribution in [-0.2, 0) is 0 Å². The molecule has 0 aliphatic carbocycles. The minimum Gasteiger partial charge on any atom is -0.507 e. The van der Waals surface area contributed by atoms with Gasteiger partial charge in [-0.15, -0.1) is 0 Å². The number of rotatable bonds is 5. The highest BCUT2D eigenvalue weighted by Crippen LogP contribution is 2.22. The third-order valence-corrected chi connectivity index (χ3v) is 2.63. The third-order valence-electron chi connectivity index (χ3n) is 2.63. The van der Waals surface area contributed by atoms with E-state index in [9.17, 15) is 9.90 Å². The summed E-state index contributed by atoms with van der Waals surface area (Å²) in [6.07, 6.45) is 4.41. The first-order chi connectivity index (χ1) is 10.2. The fraction of sp³-hybridized carbons (Fsp3) is 0.133. The number of nitrogens with one attached hydrogen (secondary N) is 1. The average molecular weight is 285 g/mol. The van der Waals surface area contributed by atoms with Crippen molar-refractivity contribution in [3.05, 3.63) is 53.9 Å². The second kappa shape index (κ2) is 7.04. The lowest BCUT2D eigenvalue weighted by molar-refractivity contribution is 0.0955. The molecule has 0 saturated heterocycles. The summed E-state index contributed by atoms with van der Waals surface area (Å²) in [5, 5.41) is 13.6. The van der Waals surface area contributed by atoms with E-state index in [4.69, 9.17) is 4.74 Å². The van der Waals surface area contributed by atoms with Gasteiger partial charge in [-0.05, 0) is 31.2 Å². The molecular weight excluding hydrogens is 270 g/mol. The minimum absolute atomic E-state index is 0.0304. The maximum atomic E-state index is 11.7. The Morgan fingerprint density at radius 1 is 1.38 bits per heavy atom. The summed E-state index contributed by atoms with van der Waals surface area (Å²) < 4.78 is 5.26. The summed E-state index contributed by atoms with van der Waals surface area (Å²) >= 11 is 0. The Labute approximate surface area is 122 Å². The van der Waals surface area contributed by atoms with E-state index in [-0.39, 0.29) is 11.7 Å². The van der Waals surface area contributed by atoms with Crippen molar-refractivity contribution in [3.63, 3.8) is 0 Å². The van der Waals surface area contributed by atoms with E-state index in [0.29, 0.717) is 23.5 Å². The fourth-order valence-corrected chi connectivity index (χ4v) is 1.62. The predicted molar refractivity (Wildman–Crippen MR) is 78.6 cm³/mol. The Morgan fingerprint density at radius 2 is 2.14 bits per heavy atom. The van der Waals surface area contributed by atoms with Gasteiger partial charge in [-0.25, -0.2) is 5.43 Å². The molecule has 2 rings (SSSR count). The molecule has 0 aliphatic rings. The molecule has 1 aromatic carbocycles. The lowest BCUT2D eigenvalue weighted by atomic mass is 10.2. The van der Waals surface area contributed by atoms with Crippen LogP contribution >= 0.6 is 0 Å². The van der Waals surface area contributed by atoms with E-state index in [0.717, 1.165) is 0 Å². The summed E-state index contributed by atoms with van der Waals surface area (Å²) in [6.45, 7) is 2.38. The van der Waals surface area contributed by atoms with Crippen LogP contribution in [0.1, 0.15) is 22.8 Å². The molecule has 0 radical (unpaired) electrons. The number of aromatic nitrogens is 1.